The number of carboxylic acids is 1. The van der Waals surface area contributed by atoms with Gasteiger partial charge >= 0.3 is 5.97 Å². The normalized spacial score (nSPS) is 11.6. The SMILES string of the molecule is CCCCNC(=O)CN(CC(=O)O)C(C)(C)C. The van der Waals surface area contributed by atoms with Crippen LogP contribution in [-0.2, 0) is 9.59 Å². The van der Waals surface area contributed by atoms with Gasteiger partial charge in [0, 0.05) is 12.1 Å². The number of nitrogens with zero attached hydrogens (tertiary/aromatic N) is 1. The van der Waals surface area contributed by atoms with Gasteiger partial charge in [-0.1, -0.05) is 13.3 Å². The van der Waals surface area contributed by atoms with Gasteiger partial charge in [-0.15, -0.1) is 0 Å². The number of hydrogen-bond acceptors (Lipinski definition) is 3. The molecule has 0 heterocycles. The molecular formula is C12H24N2O3. The van der Waals surface area contributed by atoms with Crippen LogP contribution in [0.15, 0.2) is 0 Å². The third-order valence-corrected chi connectivity index (χ3v) is 2.46. The number of amides is 1. The van der Waals surface area contributed by atoms with Crippen LogP contribution in [0.2, 0.25) is 0 Å². The summed E-state index contributed by atoms with van der Waals surface area (Å²) in [6, 6.07) is 0. The number of carbonyl (C=O) groups excluding carboxylic acids is 1. The number of aliphatic carboxylic acids is 1. The van der Waals surface area contributed by atoms with E-state index in [4.69, 9.17) is 5.11 Å². The van der Waals surface area contributed by atoms with Gasteiger partial charge in [-0.3, -0.25) is 14.5 Å². The minimum absolute atomic E-state index is 0.116. The number of rotatable bonds is 7. The second kappa shape index (κ2) is 7.27. The molecule has 0 aliphatic carbocycles. The second-order valence-electron chi connectivity index (χ2n) is 5.12. The van der Waals surface area contributed by atoms with Crippen LogP contribution < -0.4 is 5.32 Å². The maximum Gasteiger partial charge on any atom is 0.317 e. The first-order valence-corrected chi connectivity index (χ1v) is 6.01. The van der Waals surface area contributed by atoms with Crippen molar-refractivity contribution in [3.05, 3.63) is 0 Å². The lowest BCUT2D eigenvalue weighted by molar-refractivity contribution is -0.140. The van der Waals surface area contributed by atoms with E-state index in [1.807, 2.05) is 20.8 Å². The maximum absolute atomic E-state index is 11.6. The van der Waals surface area contributed by atoms with E-state index in [1.54, 1.807) is 4.90 Å². The van der Waals surface area contributed by atoms with Gasteiger partial charge in [-0.2, -0.15) is 0 Å². The summed E-state index contributed by atoms with van der Waals surface area (Å²) >= 11 is 0. The Morgan fingerprint density at radius 2 is 1.82 bits per heavy atom. The smallest absolute Gasteiger partial charge is 0.317 e. The summed E-state index contributed by atoms with van der Waals surface area (Å²) in [6.07, 6.45) is 1.97. The quantitative estimate of drug-likeness (QED) is 0.658. The molecule has 0 fully saturated rings. The molecule has 2 N–H and O–H groups in total. The van der Waals surface area contributed by atoms with Crippen molar-refractivity contribution < 1.29 is 14.7 Å². The fourth-order valence-electron chi connectivity index (χ4n) is 1.33. The van der Waals surface area contributed by atoms with E-state index in [9.17, 15) is 9.59 Å². The summed E-state index contributed by atoms with van der Waals surface area (Å²) in [5, 5.41) is 11.6. The molecule has 0 rings (SSSR count). The molecule has 0 unspecified atom stereocenters. The lowest BCUT2D eigenvalue weighted by Gasteiger charge is -2.33. The van der Waals surface area contributed by atoms with Crippen molar-refractivity contribution in [1.82, 2.24) is 10.2 Å². The first-order chi connectivity index (χ1) is 7.77. The van der Waals surface area contributed by atoms with E-state index in [0.29, 0.717) is 6.54 Å². The Hall–Kier alpha value is -1.10. The number of hydrogen-bond donors (Lipinski definition) is 2. The molecule has 0 spiro atoms. The van der Waals surface area contributed by atoms with Gasteiger partial charge in [0.1, 0.15) is 0 Å². The van der Waals surface area contributed by atoms with E-state index in [2.05, 4.69) is 12.2 Å². The van der Waals surface area contributed by atoms with Crippen LogP contribution in [-0.4, -0.2) is 47.1 Å². The number of carboxylic acid groups (broad SMARTS) is 1. The first-order valence-electron chi connectivity index (χ1n) is 6.01. The molecule has 5 heteroatoms. The van der Waals surface area contributed by atoms with E-state index < -0.39 is 5.97 Å². The number of unbranched alkanes of at least 4 members (excludes halogenated alkanes) is 1. The summed E-state index contributed by atoms with van der Waals surface area (Å²) in [4.78, 5) is 24.0. The molecule has 0 bridgehead atoms. The highest BCUT2D eigenvalue weighted by Gasteiger charge is 2.25. The average molecular weight is 244 g/mol. The Bertz CT molecular complexity index is 259. The lowest BCUT2D eigenvalue weighted by atomic mass is 10.1. The molecule has 0 atom stereocenters. The fraction of sp³-hybridized carbons (Fsp3) is 0.833. The molecule has 0 aromatic carbocycles. The van der Waals surface area contributed by atoms with Crippen LogP contribution in [0.25, 0.3) is 0 Å². The second-order valence-corrected chi connectivity index (χ2v) is 5.12. The van der Waals surface area contributed by atoms with E-state index in [0.717, 1.165) is 12.8 Å². The van der Waals surface area contributed by atoms with Crippen LogP contribution in [0.4, 0.5) is 0 Å². The molecule has 0 radical (unpaired) electrons. The molecule has 0 aliphatic heterocycles. The lowest BCUT2D eigenvalue weighted by Crippen LogP contribution is -2.49. The summed E-state index contributed by atoms with van der Waals surface area (Å²) in [7, 11) is 0. The monoisotopic (exact) mass is 244 g/mol. The molecule has 0 saturated carbocycles. The van der Waals surface area contributed by atoms with Crippen LogP contribution >= 0.6 is 0 Å². The summed E-state index contributed by atoms with van der Waals surface area (Å²) in [6.45, 7) is 8.41. The van der Waals surface area contributed by atoms with Gasteiger partial charge in [0.15, 0.2) is 0 Å². The third kappa shape index (κ3) is 7.74. The first kappa shape index (κ1) is 15.9. The van der Waals surface area contributed by atoms with Crippen molar-refractivity contribution >= 4 is 11.9 Å². The molecule has 0 aliphatic rings. The van der Waals surface area contributed by atoms with Crippen molar-refractivity contribution in [2.45, 2.75) is 46.1 Å². The van der Waals surface area contributed by atoms with Crippen LogP contribution in [0.3, 0.4) is 0 Å². The van der Waals surface area contributed by atoms with Crippen molar-refractivity contribution in [1.29, 1.82) is 0 Å². The van der Waals surface area contributed by atoms with Gasteiger partial charge in [-0.25, -0.2) is 0 Å². The standard InChI is InChI=1S/C12H24N2O3/c1-5-6-7-13-10(15)8-14(9-11(16)17)12(2,3)4/h5-9H2,1-4H3,(H,13,15)(H,16,17). The third-order valence-electron chi connectivity index (χ3n) is 2.46. The van der Waals surface area contributed by atoms with Crippen LogP contribution in [0.5, 0.6) is 0 Å². The Morgan fingerprint density at radius 3 is 2.24 bits per heavy atom. The van der Waals surface area contributed by atoms with Gasteiger partial charge < -0.3 is 10.4 Å². The fourth-order valence-corrected chi connectivity index (χ4v) is 1.33. The average Bonchev–Trinajstić information content (AvgIpc) is 2.15. The number of nitrogens with one attached hydrogen (secondary N) is 1. The van der Waals surface area contributed by atoms with Crippen LogP contribution in [0.1, 0.15) is 40.5 Å². The molecule has 17 heavy (non-hydrogen) atoms. The molecule has 0 aromatic rings. The van der Waals surface area contributed by atoms with Crippen molar-refractivity contribution in [3.63, 3.8) is 0 Å². The summed E-state index contributed by atoms with van der Waals surface area (Å²) in [5.41, 5.74) is -0.333. The molecular weight excluding hydrogens is 220 g/mol. The Labute approximate surface area is 103 Å². The Balaban J connectivity index is 4.24. The predicted octanol–water partition coefficient (Wildman–Crippen LogP) is 1.09. The molecule has 0 aromatic heterocycles. The Kier molecular flexibility index (Phi) is 6.80. The van der Waals surface area contributed by atoms with Gasteiger partial charge in [-0.05, 0) is 27.2 Å². The zero-order valence-corrected chi connectivity index (χ0v) is 11.2. The van der Waals surface area contributed by atoms with Gasteiger partial charge in [0.25, 0.3) is 0 Å². The van der Waals surface area contributed by atoms with Crippen LogP contribution in [0, 0.1) is 0 Å². The summed E-state index contributed by atoms with van der Waals surface area (Å²) in [5.74, 6) is -1.03. The highest BCUT2D eigenvalue weighted by Crippen LogP contribution is 2.11. The van der Waals surface area contributed by atoms with Crippen molar-refractivity contribution in [2.75, 3.05) is 19.6 Å². The van der Waals surface area contributed by atoms with Crippen molar-refractivity contribution in [3.8, 4) is 0 Å². The predicted molar refractivity (Wildman–Crippen MR) is 66.9 cm³/mol. The van der Waals surface area contributed by atoms with Crippen molar-refractivity contribution in [2.24, 2.45) is 0 Å². The van der Waals surface area contributed by atoms with E-state index in [1.165, 1.54) is 0 Å². The minimum Gasteiger partial charge on any atom is -0.480 e. The molecule has 100 valence electrons. The largest absolute Gasteiger partial charge is 0.480 e. The molecule has 5 nitrogen and oxygen atoms in total. The van der Waals surface area contributed by atoms with E-state index >= 15 is 0 Å². The highest BCUT2D eigenvalue weighted by molar-refractivity contribution is 5.79. The van der Waals surface area contributed by atoms with Gasteiger partial charge in [0.05, 0.1) is 13.1 Å². The number of carbonyl (C=O) groups is 2. The topological polar surface area (TPSA) is 69.6 Å². The van der Waals surface area contributed by atoms with E-state index in [-0.39, 0.29) is 24.5 Å². The minimum atomic E-state index is -0.915. The summed E-state index contributed by atoms with van der Waals surface area (Å²) < 4.78 is 0. The van der Waals surface area contributed by atoms with Gasteiger partial charge in [0.2, 0.25) is 5.91 Å². The molecule has 0 saturated heterocycles. The maximum atomic E-state index is 11.6. The zero-order chi connectivity index (χ0) is 13.5. The molecule has 1 amide bonds. The zero-order valence-electron chi connectivity index (χ0n) is 11.2. The Morgan fingerprint density at radius 1 is 1.24 bits per heavy atom. The highest BCUT2D eigenvalue weighted by atomic mass is 16.4.